The summed E-state index contributed by atoms with van der Waals surface area (Å²) < 4.78 is 4.79. The summed E-state index contributed by atoms with van der Waals surface area (Å²) in [4.78, 5) is 42.0. The van der Waals surface area contributed by atoms with Gasteiger partial charge in [0.2, 0.25) is 5.75 Å². The topological polar surface area (TPSA) is 156 Å². The predicted molar refractivity (Wildman–Crippen MR) is 77.8 cm³/mol. The second-order valence-electron chi connectivity index (χ2n) is 4.30. The second-order valence-corrected chi connectivity index (χ2v) is 4.30. The standard InChI is InChI=1S/C13H7N3O8/c17-13(8-4-1-2-5-9(8)14(18)19)24-11-7-3-6-10(15(20)21)12(11)16(22)23/h1-7H. The molecule has 0 aliphatic heterocycles. The van der Waals surface area contributed by atoms with E-state index in [1.165, 1.54) is 12.1 Å². The number of nitrogens with zero attached hydrogens (tertiary/aromatic N) is 3. The molecule has 0 spiro atoms. The number of esters is 1. The first kappa shape index (κ1) is 16.5. The largest absolute Gasteiger partial charge is 0.415 e. The highest BCUT2D eigenvalue weighted by molar-refractivity contribution is 5.95. The maximum atomic E-state index is 12.1. The fourth-order valence-corrected chi connectivity index (χ4v) is 1.88. The third kappa shape index (κ3) is 3.14. The molecule has 0 atom stereocenters. The zero-order valence-electron chi connectivity index (χ0n) is 11.6. The summed E-state index contributed by atoms with van der Waals surface area (Å²) in [6.45, 7) is 0. The second kappa shape index (κ2) is 6.48. The summed E-state index contributed by atoms with van der Waals surface area (Å²) in [6.07, 6.45) is 0. The number of nitro benzene ring substituents is 3. The van der Waals surface area contributed by atoms with Gasteiger partial charge in [-0.15, -0.1) is 0 Å². The van der Waals surface area contributed by atoms with Crippen LogP contribution < -0.4 is 4.74 Å². The fraction of sp³-hybridized carbons (Fsp3) is 0. The Bertz CT molecular complexity index is 864. The average molecular weight is 333 g/mol. The van der Waals surface area contributed by atoms with Crippen molar-refractivity contribution in [3.63, 3.8) is 0 Å². The molecule has 0 aliphatic carbocycles. The van der Waals surface area contributed by atoms with Crippen LogP contribution in [0.4, 0.5) is 17.1 Å². The van der Waals surface area contributed by atoms with Crippen molar-refractivity contribution in [3.05, 3.63) is 78.4 Å². The molecule has 0 saturated carbocycles. The Morgan fingerprint density at radius 1 is 0.792 bits per heavy atom. The van der Waals surface area contributed by atoms with Gasteiger partial charge in [-0.25, -0.2) is 4.79 Å². The van der Waals surface area contributed by atoms with E-state index in [2.05, 4.69) is 0 Å². The van der Waals surface area contributed by atoms with Crippen LogP contribution in [0.25, 0.3) is 0 Å². The van der Waals surface area contributed by atoms with Gasteiger partial charge in [-0.2, -0.15) is 0 Å². The van der Waals surface area contributed by atoms with Crippen molar-refractivity contribution in [2.24, 2.45) is 0 Å². The van der Waals surface area contributed by atoms with Crippen LogP contribution in [-0.4, -0.2) is 20.7 Å². The quantitative estimate of drug-likeness (QED) is 0.350. The minimum Gasteiger partial charge on any atom is -0.415 e. The molecule has 0 bridgehead atoms. The van der Waals surface area contributed by atoms with Crippen molar-refractivity contribution in [2.45, 2.75) is 0 Å². The Morgan fingerprint density at radius 3 is 1.96 bits per heavy atom. The number of benzene rings is 2. The lowest BCUT2D eigenvalue weighted by atomic mass is 10.2. The summed E-state index contributed by atoms with van der Waals surface area (Å²) >= 11 is 0. The SMILES string of the molecule is O=C(Oc1cccc([N+](=O)[O-])c1[N+](=O)[O-])c1ccccc1[N+](=O)[O-]. The first-order valence-corrected chi connectivity index (χ1v) is 6.20. The molecule has 0 aliphatic rings. The Hall–Kier alpha value is -3.89. The van der Waals surface area contributed by atoms with Crippen molar-refractivity contribution in [1.82, 2.24) is 0 Å². The normalized spacial score (nSPS) is 10.0. The molecule has 0 radical (unpaired) electrons. The number of ether oxygens (including phenoxy) is 1. The summed E-state index contributed by atoms with van der Waals surface area (Å²) in [5.74, 6) is -1.93. The van der Waals surface area contributed by atoms with Crippen molar-refractivity contribution in [1.29, 1.82) is 0 Å². The molecule has 0 unspecified atom stereocenters. The van der Waals surface area contributed by atoms with Crippen LogP contribution >= 0.6 is 0 Å². The minimum absolute atomic E-state index is 0.441. The molecule has 2 aromatic rings. The van der Waals surface area contributed by atoms with E-state index in [0.717, 1.165) is 30.3 Å². The van der Waals surface area contributed by atoms with Crippen molar-refractivity contribution in [2.75, 3.05) is 0 Å². The van der Waals surface area contributed by atoms with Crippen molar-refractivity contribution < 1.29 is 24.3 Å². The van der Waals surface area contributed by atoms with Gasteiger partial charge in [0.05, 0.1) is 14.8 Å². The van der Waals surface area contributed by atoms with Crippen LogP contribution in [0.3, 0.4) is 0 Å². The molecule has 11 heteroatoms. The third-order valence-electron chi connectivity index (χ3n) is 2.88. The van der Waals surface area contributed by atoms with E-state index in [-0.39, 0.29) is 0 Å². The Morgan fingerprint density at radius 2 is 1.38 bits per heavy atom. The molecule has 0 N–H and O–H groups in total. The molecular formula is C13H7N3O8. The zero-order chi connectivity index (χ0) is 17.9. The van der Waals surface area contributed by atoms with Crippen LogP contribution in [0.1, 0.15) is 10.4 Å². The van der Waals surface area contributed by atoms with E-state index in [1.54, 1.807) is 0 Å². The average Bonchev–Trinajstić information content (AvgIpc) is 2.54. The molecule has 24 heavy (non-hydrogen) atoms. The van der Waals surface area contributed by atoms with Gasteiger partial charge in [-0.3, -0.25) is 30.3 Å². The highest BCUT2D eigenvalue weighted by Gasteiger charge is 2.32. The van der Waals surface area contributed by atoms with Gasteiger partial charge in [0.25, 0.3) is 5.69 Å². The maximum absolute atomic E-state index is 12.1. The number of rotatable bonds is 5. The van der Waals surface area contributed by atoms with Gasteiger partial charge in [0, 0.05) is 12.1 Å². The Labute approximate surface area is 132 Å². The Balaban J connectivity index is 2.48. The number of nitro groups is 3. The number of hydrogen-bond donors (Lipinski definition) is 0. The fourth-order valence-electron chi connectivity index (χ4n) is 1.88. The van der Waals surface area contributed by atoms with Gasteiger partial charge >= 0.3 is 17.3 Å². The maximum Gasteiger partial charge on any atom is 0.388 e. The van der Waals surface area contributed by atoms with Crippen LogP contribution in [0.15, 0.2) is 42.5 Å². The van der Waals surface area contributed by atoms with Crippen molar-refractivity contribution >= 4 is 23.0 Å². The highest BCUT2D eigenvalue weighted by atomic mass is 16.6. The van der Waals surface area contributed by atoms with E-state index < -0.39 is 49.1 Å². The van der Waals surface area contributed by atoms with Crippen LogP contribution in [0.2, 0.25) is 0 Å². The molecule has 0 aromatic heterocycles. The van der Waals surface area contributed by atoms with Crippen LogP contribution in [0.5, 0.6) is 5.75 Å². The molecule has 0 saturated heterocycles. The zero-order valence-corrected chi connectivity index (χ0v) is 11.6. The first-order valence-electron chi connectivity index (χ1n) is 6.20. The van der Waals surface area contributed by atoms with Gasteiger partial charge < -0.3 is 4.74 Å². The molecule has 122 valence electrons. The van der Waals surface area contributed by atoms with E-state index in [4.69, 9.17) is 4.74 Å². The van der Waals surface area contributed by atoms with E-state index in [1.807, 2.05) is 0 Å². The Kier molecular flexibility index (Phi) is 4.45. The number of carbonyl (C=O) groups is 1. The molecule has 2 aromatic carbocycles. The lowest BCUT2D eigenvalue weighted by molar-refractivity contribution is -0.422. The smallest absolute Gasteiger partial charge is 0.388 e. The van der Waals surface area contributed by atoms with Crippen LogP contribution in [0, 0.1) is 30.3 Å². The first-order chi connectivity index (χ1) is 11.3. The molecular weight excluding hydrogens is 326 g/mol. The molecule has 0 fully saturated rings. The van der Waals surface area contributed by atoms with E-state index >= 15 is 0 Å². The molecule has 11 nitrogen and oxygen atoms in total. The third-order valence-corrected chi connectivity index (χ3v) is 2.88. The molecule has 0 heterocycles. The van der Waals surface area contributed by atoms with Crippen molar-refractivity contribution in [3.8, 4) is 5.75 Å². The van der Waals surface area contributed by atoms with E-state index in [0.29, 0.717) is 0 Å². The predicted octanol–water partition coefficient (Wildman–Crippen LogP) is 2.63. The minimum atomic E-state index is -1.24. The summed E-state index contributed by atoms with van der Waals surface area (Å²) in [6, 6.07) is 7.77. The number of para-hydroxylation sites is 2. The monoisotopic (exact) mass is 333 g/mol. The summed E-state index contributed by atoms with van der Waals surface area (Å²) in [5, 5.41) is 32.8. The van der Waals surface area contributed by atoms with Gasteiger partial charge in [-0.05, 0) is 12.1 Å². The summed E-state index contributed by atoms with van der Waals surface area (Å²) in [7, 11) is 0. The van der Waals surface area contributed by atoms with Gasteiger partial charge in [-0.1, -0.05) is 18.2 Å². The van der Waals surface area contributed by atoms with Crippen LogP contribution in [-0.2, 0) is 0 Å². The lowest BCUT2D eigenvalue weighted by Gasteiger charge is -2.05. The molecule has 0 amide bonds. The highest BCUT2D eigenvalue weighted by Crippen LogP contribution is 2.36. The number of hydrogen-bond acceptors (Lipinski definition) is 8. The van der Waals surface area contributed by atoms with E-state index in [9.17, 15) is 35.1 Å². The van der Waals surface area contributed by atoms with Gasteiger partial charge in [0.1, 0.15) is 5.56 Å². The number of carbonyl (C=O) groups excluding carboxylic acids is 1. The molecule has 2 rings (SSSR count). The van der Waals surface area contributed by atoms with Gasteiger partial charge in [0.15, 0.2) is 0 Å². The lowest BCUT2D eigenvalue weighted by Crippen LogP contribution is -2.12. The summed E-state index contributed by atoms with van der Waals surface area (Å²) in [5.41, 5.74) is -2.89.